The highest BCUT2D eigenvalue weighted by Crippen LogP contribution is 2.43. The smallest absolute Gasteiger partial charge is 0.361 e. The molecule has 0 bridgehead atoms. The summed E-state index contributed by atoms with van der Waals surface area (Å²) in [5.74, 6) is -0.465. The molecule has 0 spiro atoms. The first-order valence-corrected chi connectivity index (χ1v) is 9.44. The number of thioether (sulfide) groups is 1. The number of rotatable bonds is 7. The van der Waals surface area contributed by atoms with Crippen LogP contribution in [-0.2, 0) is 10.5 Å². The predicted octanol–water partition coefficient (Wildman–Crippen LogP) is 3.96. The van der Waals surface area contributed by atoms with E-state index in [1.54, 1.807) is 6.92 Å². The molecule has 0 saturated heterocycles. The van der Waals surface area contributed by atoms with Gasteiger partial charge in [-0.2, -0.15) is 11.8 Å². The number of nitrogens with zero attached hydrogens (tertiary/aromatic N) is 1. The Morgan fingerprint density at radius 2 is 2.16 bits per heavy atom. The lowest BCUT2D eigenvalue weighted by molar-refractivity contribution is 0.0512. The van der Waals surface area contributed by atoms with Gasteiger partial charge in [0.2, 0.25) is 5.69 Å². The van der Waals surface area contributed by atoms with Gasteiger partial charge in [-0.15, -0.1) is 0 Å². The van der Waals surface area contributed by atoms with Gasteiger partial charge in [0.05, 0.1) is 6.61 Å². The summed E-state index contributed by atoms with van der Waals surface area (Å²) < 4.78 is 23.9. The average molecular weight is 363 g/mol. The maximum atomic E-state index is 13.6. The maximum absolute atomic E-state index is 13.6. The molecule has 1 aromatic carbocycles. The molecule has 1 saturated carbocycles. The van der Waals surface area contributed by atoms with Crippen LogP contribution in [0.15, 0.2) is 22.7 Å². The number of benzene rings is 1. The third-order valence-electron chi connectivity index (χ3n) is 3.97. The van der Waals surface area contributed by atoms with Crippen LogP contribution in [0.2, 0.25) is 0 Å². The summed E-state index contributed by atoms with van der Waals surface area (Å²) in [6.45, 7) is 1.85. The molecule has 0 aliphatic heterocycles. The van der Waals surface area contributed by atoms with Crippen LogP contribution >= 0.6 is 11.8 Å². The highest BCUT2D eigenvalue weighted by molar-refractivity contribution is 7.97. The molecule has 5 nitrogen and oxygen atoms in total. The minimum absolute atomic E-state index is 0.0964. The zero-order valence-corrected chi connectivity index (χ0v) is 14.8. The molecule has 1 aliphatic rings. The number of aromatic nitrogens is 1. The Hall–Kier alpha value is -2.15. The molecular formula is C18H18FNO4S. The molecule has 25 heavy (non-hydrogen) atoms. The number of hydrogen-bond donors (Lipinski definition) is 0. The van der Waals surface area contributed by atoms with Crippen molar-refractivity contribution in [1.29, 1.82) is 0 Å². The summed E-state index contributed by atoms with van der Waals surface area (Å²) >= 11 is 1.48. The van der Waals surface area contributed by atoms with Crippen molar-refractivity contribution in [1.82, 2.24) is 5.16 Å². The molecule has 1 aliphatic carbocycles. The van der Waals surface area contributed by atoms with Crippen molar-refractivity contribution in [3.8, 4) is 0 Å². The molecule has 1 heterocycles. The topological polar surface area (TPSA) is 69.4 Å². The normalized spacial score (nSPS) is 13.7. The van der Waals surface area contributed by atoms with Gasteiger partial charge in [-0.3, -0.25) is 4.79 Å². The van der Waals surface area contributed by atoms with Gasteiger partial charge in [-0.25, -0.2) is 9.18 Å². The molecule has 0 radical (unpaired) electrons. The van der Waals surface area contributed by atoms with Gasteiger partial charge in [0.25, 0.3) is 0 Å². The third kappa shape index (κ3) is 3.61. The number of halogens is 1. The minimum Gasteiger partial charge on any atom is -0.461 e. The van der Waals surface area contributed by atoms with Crippen LogP contribution in [0, 0.1) is 5.82 Å². The van der Waals surface area contributed by atoms with Gasteiger partial charge in [-0.1, -0.05) is 5.16 Å². The van der Waals surface area contributed by atoms with Crippen LogP contribution in [-0.4, -0.2) is 29.8 Å². The van der Waals surface area contributed by atoms with Crippen LogP contribution in [0.5, 0.6) is 0 Å². The Balaban J connectivity index is 2.07. The second-order valence-corrected chi connectivity index (χ2v) is 6.69. The summed E-state index contributed by atoms with van der Waals surface area (Å²) in [5.41, 5.74) is 0.977. The Morgan fingerprint density at radius 1 is 1.40 bits per heavy atom. The monoisotopic (exact) mass is 363 g/mol. The molecule has 0 atom stereocenters. The van der Waals surface area contributed by atoms with E-state index in [9.17, 15) is 14.0 Å². The molecule has 0 N–H and O–H groups in total. The molecule has 0 amide bonds. The quantitative estimate of drug-likeness (QED) is 0.548. The van der Waals surface area contributed by atoms with Crippen LogP contribution < -0.4 is 0 Å². The summed E-state index contributed by atoms with van der Waals surface area (Å²) in [5, 5.41) is 3.79. The largest absolute Gasteiger partial charge is 0.461 e. The summed E-state index contributed by atoms with van der Waals surface area (Å²) in [4.78, 5) is 25.3. The van der Waals surface area contributed by atoms with Crippen LogP contribution in [0.1, 0.15) is 63.4 Å². The molecule has 3 rings (SSSR count). The Bertz CT molecular complexity index is 813. The molecule has 7 heteroatoms. The van der Waals surface area contributed by atoms with Crippen molar-refractivity contribution in [2.45, 2.75) is 31.4 Å². The summed E-state index contributed by atoms with van der Waals surface area (Å²) in [6.07, 6.45) is 3.65. The van der Waals surface area contributed by atoms with Crippen molar-refractivity contribution in [2.24, 2.45) is 0 Å². The lowest BCUT2D eigenvalue weighted by Gasteiger charge is -2.09. The fraction of sp³-hybridized carbons (Fsp3) is 0.389. The fourth-order valence-corrected chi connectivity index (χ4v) is 3.23. The lowest BCUT2D eigenvalue weighted by atomic mass is 9.96. The van der Waals surface area contributed by atoms with Crippen molar-refractivity contribution in [3.63, 3.8) is 0 Å². The van der Waals surface area contributed by atoms with Crippen molar-refractivity contribution in [2.75, 3.05) is 12.9 Å². The van der Waals surface area contributed by atoms with Crippen molar-refractivity contribution >= 4 is 23.5 Å². The lowest BCUT2D eigenvalue weighted by Crippen LogP contribution is -2.14. The summed E-state index contributed by atoms with van der Waals surface area (Å²) in [6, 6.07) is 4.03. The van der Waals surface area contributed by atoms with E-state index >= 15 is 0 Å². The molecule has 2 aromatic rings. The first-order chi connectivity index (χ1) is 12.1. The standard InChI is InChI=1S/C18H18FNO4S/c1-3-23-18(22)15-14(17(24-20-15)10-4-5-10)16(21)13-7-6-12(19)8-11(13)9-25-2/h6-8,10H,3-5,9H2,1-2H3. The third-order valence-corrected chi connectivity index (χ3v) is 4.57. The summed E-state index contributed by atoms with van der Waals surface area (Å²) in [7, 11) is 0. The van der Waals surface area contributed by atoms with E-state index in [0.717, 1.165) is 12.8 Å². The number of hydrogen-bond acceptors (Lipinski definition) is 6. The van der Waals surface area contributed by atoms with Gasteiger partial charge < -0.3 is 9.26 Å². The minimum atomic E-state index is -0.685. The second kappa shape index (κ2) is 7.39. The highest BCUT2D eigenvalue weighted by atomic mass is 32.2. The van der Waals surface area contributed by atoms with E-state index in [-0.39, 0.29) is 29.6 Å². The van der Waals surface area contributed by atoms with Crippen LogP contribution in [0.3, 0.4) is 0 Å². The Morgan fingerprint density at radius 3 is 2.80 bits per heavy atom. The number of esters is 1. The molecule has 1 aromatic heterocycles. The Kier molecular flexibility index (Phi) is 5.22. The van der Waals surface area contributed by atoms with E-state index < -0.39 is 11.8 Å². The van der Waals surface area contributed by atoms with Crippen LogP contribution in [0.4, 0.5) is 4.39 Å². The average Bonchev–Trinajstić information content (AvgIpc) is 3.33. The van der Waals surface area contributed by atoms with Gasteiger partial charge in [0, 0.05) is 17.2 Å². The predicted molar refractivity (Wildman–Crippen MR) is 91.5 cm³/mol. The van der Waals surface area contributed by atoms with Gasteiger partial charge in [-0.05, 0) is 49.8 Å². The number of carbonyl (C=O) groups excluding carboxylic acids is 2. The van der Waals surface area contributed by atoms with E-state index in [4.69, 9.17) is 9.26 Å². The van der Waals surface area contributed by atoms with Crippen molar-refractivity contribution < 1.29 is 23.2 Å². The molecule has 132 valence electrons. The SMILES string of the molecule is CCOC(=O)c1noc(C2CC2)c1C(=O)c1ccc(F)cc1CSC. The van der Waals surface area contributed by atoms with Crippen LogP contribution in [0.25, 0.3) is 0 Å². The number of carbonyl (C=O) groups is 2. The zero-order valence-electron chi connectivity index (χ0n) is 14.0. The van der Waals surface area contributed by atoms with E-state index in [1.165, 1.54) is 30.0 Å². The van der Waals surface area contributed by atoms with E-state index in [0.29, 0.717) is 22.6 Å². The maximum Gasteiger partial charge on any atom is 0.361 e. The first-order valence-electron chi connectivity index (χ1n) is 8.05. The second-order valence-electron chi connectivity index (χ2n) is 5.83. The van der Waals surface area contributed by atoms with Crippen molar-refractivity contribution in [3.05, 3.63) is 52.2 Å². The van der Waals surface area contributed by atoms with Gasteiger partial charge in [0.1, 0.15) is 11.4 Å². The first kappa shape index (κ1) is 17.7. The number of ketones is 1. The van der Waals surface area contributed by atoms with E-state index in [2.05, 4.69) is 5.16 Å². The van der Waals surface area contributed by atoms with Gasteiger partial charge >= 0.3 is 5.97 Å². The fourth-order valence-electron chi connectivity index (χ4n) is 2.68. The molecular weight excluding hydrogens is 345 g/mol. The zero-order chi connectivity index (χ0) is 18.0. The molecule has 0 unspecified atom stereocenters. The number of ether oxygens (including phenoxy) is 1. The Labute approximate surface area is 148 Å². The van der Waals surface area contributed by atoms with E-state index in [1.807, 2.05) is 6.26 Å². The molecule has 1 fully saturated rings. The van der Waals surface area contributed by atoms with Gasteiger partial charge in [0.15, 0.2) is 11.5 Å². The highest BCUT2D eigenvalue weighted by Gasteiger charge is 2.37.